The third-order valence-corrected chi connectivity index (χ3v) is 4.70. The van der Waals surface area contributed by atoms with Crippen LogP contribution in [-0.2, 0) is 14.8 Å². The highest BCUT2D eigenvalue weighted by Gasteiger charge is 2.21. The second-order valence-electron chi connectivity index (χ2n) is 4.76. The van der Waals surface area contributed by atoms with E-state index in [1.807, 2.05) is 6.92 Å². The molecule has 0 saturated carbocycles. The zero-order valence-corrected chi connectivity index (χ0v) is 12.3. The van der Waals surface area contributed by atoms with Crippen molar-refractivity contribution in [2.75, 3.05) is 19.5 Å². The SMILES string of the molecule is COCCC(C)NS(=O)(=O)c1c[nH]c2cc(N)ccc12. The summed E-state index contributed by atoms with van der Waals surface area (Å²) in [6, 6.07) is 4.90. The second-order valence-corrected chi connectivity index (χ2v) is 6.44. The van der Waals surface area contributed by atoms with E-state index in [0.717, 1.165) is 0 Å². The van der Waals surface area contributed by atoms with Gasteiger partial charge in [0.2, 0.25) is 10.0 Å². The number of benzene rings is 1. The van der Waals surface area contributed by atoms with Gasteiger partial charge >= 0.3 is 0 Å². The first kappa shape index (κ1) is 14.8. The molecule has 6 nitrogen and oxygen atoms in total. The van der Waals surface area contributed by atoms with Gasteiger partial charge in [0.1, 0.15) is 4.90 Å². The van der Waals surface area contributed by atoms with Crippen molar-refractivity contribution in [2.24, 2.45) is 0 Å². The molecule has 1 heterocycles. The third kappa shape index (κ3) is 3.12. The molecule has 4 N–H and O–H groups in total. The molecule has 0 spiro atoms. The normalized spacial score (nSPS) is 13.7. The van der Waals surface area contributed by atoms with Crippen molar-refractivity contribution in [3.05, 3.63) is 24.4 Å². The number of aromatic nitrogens is 1. The highest BCUT2D eigenvalue weighted by atomic mass is 32.2. The Morgan fingerprint density at radius 3 is 2.90 bits per heavy atom. The molecular weight excluding hydrogens is 278 g/mol. The Kier molecular flexibility index (Phi) is 4.32. The predicted octanol–water partition coefficient (Wildman–Crippen LogP) is 1.45. The maximum Gasteiger partial charge on any atom is 0.242 e. The molecule has 0 aliphatic rings. The van der Waals surface area contributed by atoms with Crippen LogP contribution in [0.4, 0.5) is 5.69 Å². The van der Waals surface area contributed by atoms with Crippen LogP contribution in [0.3, 0.4) is 0 Å². The average molecular weight is 297 g/mol. The zero-order chi connectivity index (χ0) is 14.8. The van der Waals surface area contributed by atoms with E-state index in [0.29, 0.717) is 29.6 Å². The minimum Gasteiger partial charge on any atom is -0.399 e. The number of methoxy groups -OCH3 is 1. The number of rotatable bonds is 6. The number of nitrogens with two attached hydrogens (primary N) is 1. The number of nitrogens with one attached hydrogen (secondary N) is 2. The highest BCUT2D eigenvalue weighted by molar-refractivity contribution is 7.89. The van der Waals surface area contributed by atoms with Gasteiger partial charge < -0.3 is 15.5 Å². The van der Waals surface area contributed by atoms with Gasteiger partial charge in [-0.1, -0.05) is 0 Å². The number of sulfonamides is 1. The van der Waals surface area contributed by atoms with Gasteiger partial charge in [-0.15, -0.1) is 0 Å². The van der Waals surface area contributed by atoms with Gasteiger partial charge in [-0.25, -0.2) is 13.1 Å². The molecule has 7 heteroatoms. The van der Waals surface area contributed by atoms with Crippen LogP contribution in [0.2, 0.25) is 0 Å². The number of anilines is 1. The molecular formula is C13H19N3O3S. The smallest absolute Gasteiger partial charge is 0.242 e. The van der Waals surface area contributed by atoms with Crippen molar-refractivity contribution < 1.29 is 13.2 Å². The number of hydrogen-bond acceptors (Lipinski definition) is 4. The molecule has 0 aliphatic carbocycles. The van der Waals surface area contributed by atoms with Gasteiger partial charge in [0.05, 0.1) is 0 Å². The standard InChI is InChI=1S/C13H19N3O3S/c1-9(5-6-19-2)16-20(17,18)13-8-15-12-7-10(14)3-4-11(12)13/h3-4,7-9,15-16H,5-6,14H2,1-2H3. The van der Waals surface area contributed by atoms with Crippen LogP contribution in [0, 0.1) is 0 Å². The summed E-state index contributed by atoms with van der Waals surface area (Å²) in [5.41, 5.74) is 6.97. The van der Waals surface area contributed by atoms with Gasteiger partial charge in [0.25, 0.3) is 0 Å². The van der Waals surface area contributed by atoms with Crippen molar-refractivity contribution in [1.29, 1.82) is 0 Å². The van der Waals surface area contributed by atoms with Crippen LogP contribution in [-0.4, -0.2) is 33.2 Å². The fourth-order valence-corrected chi connectivity index (χ4v) is 3.48. The fraction of sp³-hybridized carbons (Fsp3) is 0.385. The minimum absolute atomic E-state index is 0.196. The molecule has 0 aliphatic heterocycles. The molecule has 2 rings (SSSR count). The van der Waals surface area contributed by atoms with E-state index in [1.165, 1.54) is 6.20 Å². The van der Waals surface area contributed by atoms with Crippen LogP contribution >= 0.6 is 0 Å². The lowest BCUT2D eigenvalue weighted by Gasteiger charge is -2.13. The van der Waals surface area contributed by atoms with Crippen LogP contribution in [0.25, 0.3) is 10.9 Å². The van der Waals surface area contributed by atoms with Gasteiger partial charge in [-0.2, -0.15) is 0 Å². The molecule has 0 bridgehead atoms. The second kappa shape index (κ2) is 5.82. The van der Waals surface area contributed by atoms with Gasteiger partial charge in [-0.05, 0) is 31.5 Å². The van der Waals surface area contributed by atoms with E-state index in [4.69, 9.17) is 10.5 Å². The summed E-state index contributed by atoms with van der Waals surface area (Å²) < 4.78 is 32.3. The average Bonchev–Trinajstić information content (AvgIpc) is 2.79. The van der Waals surface area contributed by atoms with Crippen LogP contribution in [0.5, 0.6) is 0 Å². The quantitative estimate of drug-likeness (QED) is 0.703. The Labute approximate surface area is 118 Å². The summed E-state index contributed by atoms with van der Waals surface area (Å²) in [6.45, 7) is 2.32. The third-order valence-electron chi connectivity index (χ3n) is 3.07. The maximum absolute atomic E-state index is 12.4. The zero-order valence-electron chi connectivity index (χ0n) is 11.5. The molecule has 110 valence electrons. The largest absolute Gasteiger partial charge is 0.399 e. The summed E-state index contributed by atoms with van der Waals surface area (Å²) in [5.74, 6) is 0. The van der Waals surface area contributed by atoms with E-state index >= 15 is 0 Å². The summed E-state index contributed by atoms with van der Waals surface area (Å²) in [5, 5.41) is 0.630. The molecule has 0 amide bonds. The van der Waals surface area contributed by atoms with Crippen LogP contribution in [0.1, 0.15) is 13.3 Å². The lowest BCUT2D eigenvalue weighted by Crippen LogP contribution is -2.33. The van der Waals surface area contributed by atoms with E-state index in [-0.39, 0.29) is 10.9 Å². The summed E-state index contributed by atoms with van der Waals surface area (Å²) in [4.78, 5) is 3.16. The highest BCUT2D eigenvalue weighted by Crippen LogP contribution is 2.24. The molecule has 0 saturated heterocycles. The molecule has 0 fully saturated rings. The monoisotopic (exact) mass is 297 g/mol. The van der Waals surface area contributed by atoms with Gasteiger partial charge in [0.15, 0.2) is 0 Å². The van der Waals surface area contributed by atoms with E-state index in [2.05, 4.69) is 9.71 Å². The van der Waals surface area contributed by atoms with E-state index in [1.54, 1.807) is 25.3 Å². The van der Waals surface area contributed by atoms with Crippen LogP contribution in [0.15, 0.2) is 29.3 Å². The Morgan fingerprint density at radius 2 is 2.20 bits per heavy atom. The minimum atomic E-state index is -3.56. The number of H-pyrrole nitrogens is 1. The lowest BCUT2D eigenvalue weighted by atomic mass is 10.2. The van der Waals surface area contributed by atoms with Gasteiger partial charge in [0, 0.05) is 42.5 Å². The number of aromatic amines is 1. The van der Waals surface area contributed by atoms with Crippen molar-refractivity contribution in [2.45, 2.75) is 24.3 Å². The predicted molar refractivity (Wildman–Crippen MR) is 79.0 cm³/mol. The Balaban J connectivity index is 2.28. The molecule has 1 aromatic carbocycles. The van der Waals surface area contributed by atoms with Crippen LogP contribution < -0.4 is 10.5 Å². The van der Waals surface area contributed by atoms with Crippen molar-refractivity contribution in [3.8, 4) is 0 Å². The number of hydrogen-bond donors (Lipinski definition) is 3. The molecule has 2 aromatic rings. The molecule has 0 radical (unpaired) electrons. The Hall–Kier alpha value is -1.57. The lowest BCUT2D eigenvalue weighted by molar-refractivity contribution is 0.188. The van der Waals surface area contributed by atoms with Gasteiger partial charge in [-0.3, -0.25) is 0 Å². The first-order valence-electron chi connectivity index (χ1n) is 6.32. The van der Waals surface area contributed by atoms with Crippen molar-refractivity contribution >= 4 is 26.6 Å². The number of fused-ring (bicyclic) bond motifs is 1. The maximum atomic E-state index is 12.4. The summed E-state index contributed by atoms with van der Waals surface area (Å²) >= 11 is 0. The number of ether oxygens (including phenoxy) is 1. The van der Waals surface area contributed by atoms with Crippen molar-refractivity contribution in [3.63, 3.8) is 0 Å². The van der Waals surface area contributed by atoms with E-state index in [9.17, 15) is 8.42 Å². The first-order valence-corrected chi connectivity index (χ1v) is 7.80. The summed E-state index contributed by atoms with van der Waals surface area (Å²) in [6.07, 6.45) is 2.10. The molecule has 1 aromatic heterocycles. The first-order chi connectivity index (χ1) is 9.44. The molecule has 1 atom stereocenters. The topological polar surface area (TPSA) is 97.2 Å². The number of nitrogen functional groups attached to an aromatic ring is 1. The molecule has 1 unspecified atom stereocenters. The van der Waals surface area contributed by atoms with Crippen molar-refractivity contribution in [1.82, 2.24) is 9.71 Å². The fourth-order valence-electron chi connectivity index (χ4n) is 2.02. The molecule has 20 heavy (non-hydrogen) atoms. The van der Waals surface area contributed by atoms with E-state index < -0.39 is 10.0 Å². The summed E-state index contributed by atoms with van der Waals surface area (Å²) in [7, 11) is -1.98. The Morgan fingerprint density at radius 1 is 1.45 bits per heavy atom. The Bertz CT molecular complexity index is 694.